The molecule has 300 valence electrons. The van der Waals surface area contributed by atoms with Crippen molar-refractivity contribution in [2.45, 2.75) is 6.92 Å². The average molecular weight is 850 g/mol. The number of aromatic nitrogens is 3. The summed E-state index contributed by atoms with van der Waals surface area (Å²) >= 11 is 1.79. The molecule has 0 saturated carbocycles. The third-order valence-corrected chi connectivity index (χ3v) is 19.0. The lowest BCUT2D eigenvalue weighted by atomic mass is 9.81. The van der Waals surface area contributed by atoms with Gasteiger partial charge in [0.15, 0.2) is 5.82 Å². The van der Waals surface area contributed by atoms with E-state index in [9.17, 15) is 0 Å². The summed E-state index contributed by atoms with van der Waals surface area (Å²) in [6.07, 6.45) is 0. The molecule has 0 aliphatic heterocycles. The molecule has 1 aliphatic carbocycles. The van der Waals surface area contributed by atoms with Gasteiger partial charge in [-0.25, -0.2) is 9.97 Å². The first kappa shape index (κ1) is 36.9. The fraction of sp³-hybridized carbons (Fsp3) is 0.0169. The zero-order valence-corrected chi connectivity index (χ0v) is 36.9. The van der Waals surface area contributed by atoms with Crippen LogP contribution in [0.15, 0.2) is 218 Å². The lowest BCUT2D eigenvalue weighted by molar-refractivity contribution is 1.10. The van der Waals surface area contributed by atoms with Gasteiger partial charge in [-0.1, -0.05) is 200 Å². The number of nitrogens with zero attached hydrogens (tertiary/aromatic N) is 3. The van der Waals surface area contributed by atoms with Gasteiger partial charge in [0.2, 0.25) is 8.07 Å². The smallest absolute Gasteiger partial charge is 0.226 e. The van der Waals surface area contributed by atoms with Crippen molar-refractivity contribution in [3.05, 3.63) is 224 Å². The highest BCUT2D eigenvalue weighted by Crippen LogP contribution is 2.47. The highest BCUT2D eigenvalue weighted by Gasteiger charge is 2.46. The first-order valence-corrected chi connectivity index (χ1v) is 24.7. The normalized spacial score (nSPS) is 12.1. The summed E-state index contributed by atoms with van der Waals surface area (Å²) < 4.78 is 4.69. The van der Waals surface area contributed by atoms with E-state index < -0.39 is 8.07 Å². The number of benzene rings is 9. The summed E-state index contributed by atoms with van der Waals surface area (Å²) in [6.45, 7) is 2.18. The van der Waals surface area contributed by atoms with E-state index >= 15 is 0 Å². The molecular weight excluding hydrogens is 811 g/mol. The van der Waals surface area contributed by atoms with E-state index in [-0.39, 0.29) is 0 Å². The summed E-state index contributed by atoms with van der Waals surface area (Å²) in [5.41, 5.74) is 15.2. The van der Waals surface area contributed by atoms with Crippen LogP contribution in [0.1, 0.15) is 5.56 Å². The molecule has 0 bridgehead atoms. The molecule has 12 aromatic rings. The van der Waals surface area contributed by atoms with E-state index in [0.717, 1.165) is 37.9 Å². The zero-order valence-electron chi connectivity index (χ0n) is 35.0. The summed E-state index contributed by atoms with van der Waals surface area (Å²) in [6, 6.07) is 80.6. The minimum absolute atomic E-state index is 0.860. The molecule has 0 saturated heterocycles. The molecule has 3 heterocycles. The van der Waals surface area contributed by atoms with Crippen LogP contribution in [0, 0.1) is 6.92 Å². The standard InChI is InChI=1S/C59H39N3SSi/c1-38-32-35-54-52(36-38)49-28-14-16-30-53(49)62(54)58-57-56(50-29-15-17-31-55(50)63-57)60-59(61-58)64(39-18-4-2-5-19-39,40-20-6-3-7-21-40)41-33-34-48-46-26-11-10-24-44(46)42-22-8-9-23-43(42)45-25-12-13-27-47(45)51(48)37-41/h2-37H,1H3. The van der Waals surface area contributed by atoms with Crippen LogP contribution in [0.2, 0.25) is 0 Å². The van der Waals surface area contributed by atoms with Crippen molar-refractivity contribution in [2.75, 3.05) is 0 Å². The van der Waals surface area contributed by atoms with Crippen molar-refractivity contribution >= 4 is 82.5 Å². The molecular formula is C59H39N3SSi. The van der Waals surface area contributed by atoms with Gasteiger partial charge < -0.3 is 0 Å². The van der Waals surface area contributed by atoms with Crippen LogP contribution >= 0.6 is 11.3 Å². The molecule has 5 heteroatoms. The molecule has 0 unspecified atom stereocenters. The minimum Gasteiger partial charge on any atom is -0.292 e. The van der Waals surface area contributed by atoms with Gasteiger partial charge in [0.05, 0.1) is 21.3 Å². The first-order valence-electron chi connectivity index (χ1n) is 21.9. The second-order valence-corrected chi connectivity index (χ2v) is 21.6. The molecule has 0 atom stereocenters. The predicted molar refractivity (Wildman–Crippen MR) is 273 cm³/mol. The van der Waals surface area contributed by atoms with Crippen LogP contribution in [0.25, 0.3) is 92.4 Å². The molecule has 0 radical (unpaired) electrons. The largest absolute Gasteiger partial charge is 0.292 e. The summed E-state index contributed by atoms with van der Waals surface area (Å²) in [5.74, 6) is 0.919. The van der Waals surface area contributed by atoms with Gasteiger partial charge in [-0.3, -0.25) is 4.57 Å². The van der Waals surface area contributed by atoms with E-state index in [2.05, 4.69) is 230 Å². The maximum absolute atomic E-state index is 6.04. The van der Waals surface area contributed by atoms with Gasteiger partial charge in [0.1, 0.15) is 5.45 Å². The van der Waals surface area contributed by atoms with Crippen LogP contribution in [0.4, 0.5) is 0 Å². The maximum atomic E-state index is 6.04. The second-order valence-electron chi connectivity index (χ2n) is 16.9. The quantitative estimate of drug-likeness (QED) is 0.128. The van der Waals surface area contributed by atoms with Gasteiger partial charge in [-0.05, 0) is 91.3 Å². The van der Waals surface area contributed by atoms with E-state index in [4.69, 9.17) is 9.97 Å². The van der Waals surface area contributed by atoms with Crippen molar-refractivity contribution in [3.63, 3.8) is 0 Å². The number of aryl methyl sites for hydroxylation is 1. The fourth-order valence-corrected chi connectivity index (χ4v) is 16.1. The van der Waals surface area contributed by atoms with Gasteiger partial charge in [-0.15, -0.1) is 11.3 Å². The third-order valence-electron chi connectivity index (χ3n) is 13.4. The van der Waals surface area contributed by atoms with E-state index in [0.29, 0.717) is 0 Å². The fourth-order valence-electron chi connectivity index (χ4n) is 10.6. The molecule has 0 spiro atoms. The van der Waals surface area contributed by atoms with Crippen molar-refractivity contribution in [1.29, 1.82) is 0 Å². The summed E-state index contributed by atoms with van der Waals surface area (Å²) in [4.78, 5) is 12.0. The first-order chi connectivity index (χ1) is 31.7. The number of rotatable bonds is 5. The van der Waals surface area contributed by atoms with Gasteiger partial charge >= 0.3 is 0 Å². The van der Waals surface area contributed by atoms with E-state index in [1.807, 2.05) is 0 Å². The number of thiophene rings is 1. The van der Waals surface area contributed by atoms with E-state index in [1.54, 1.807) is 11.3 Å². The lowest BCUT2D eigenvalue weighted by Crippen LogP contribution is -2.76. The summed E-state index contributed by atoms with van der Waals surface area (Å²) in [5, 5.41) is 7.28. The Morgan fingerprint density at radius 3 is 1.52 bits per heavy atom. The van der Waals surface area contributed by atoms with E-state index in [1.165, 1.54) is 81.1 Å². The van der Waals surface area contributed by atoms with Crippen molar-refractivity contribution in [1.82, 2.24) is 14.5 Å². The molecule has 9 aromatic carbocycles. The zero-order chi connectivity index (χ0) is 42.4. The average Bonchev–Trinajstić information content (AvgIpc) is 3.90. The SMILES string of the molecule is Cc1ccc2c(c1)c1ccccc1n2-c1nc([Si](c2ccccc2)(c2ccccc2)c2ccc3c(c2)-c2ccccc2-c2ccccc2-c2ccccc2-3)nc2c1sc1ccccc12. The Labute approximate surface area is 376 Å². The highest BCUT2D eigenvalue weighted by atomic mass is 32.1. The van der Waals surface area contributed by atoms with Crippen molar-refractivity contribution in [3.8, 4) is 50.3 Å². The highest BCUT2D eigenvalue weighted by molar-refractivity contribution is 7.26. The van der Waals surface area contributed by atoms with Crippen LogP contribution in [0.5, 0.6) is 0 Å². The van der Waals surface area contributed by atoms with Crippen LogP contribution < -0.4 is 21.0 Å². The predicted octanol–water partition coefficient (Wildman–Crippen LogP) is 12.6. The molecule has 0 N–H and O–H groups in total. The number of fused-ring (bicyclic) bond motifs is 14. The third kappa shape index (κ3) is 5.38. The molecule has 0 amide bonds. The Balaban J connectivity index is 1.20. The molecule has 0 fully saturated rings. The van der Waals surface area contributed by atoms with Crippen LogP contribution in [-0.2, 0) is 0 Å². The molecule has 13 rings (SSSR count). The van der Waals surface area contributed by atoms with Gasteiger partial charge in [0.25, 0.3) is 0 Å². The minimum atomic E-state index is -3.37. The van der Waals surface area contributed by atoms with Crippen molar-refractivity contribution in [2.24, 2.45) is 0 Å². The van der Waals surface area contributed by atoms with Crippen molar-refractivity contribution < 1.29 is 0 Å². The van der Waals surface area contributed by atoms with Gasteiger partial charge in [0, 0.05) is 20.9 Å². The Bertz CT molecular complexity index is 3770. The lowest BCUT2D eigenvalue weighted by Gasteiger charge is -2.33. The Hall–Kier alpha value is -7.70. The number of hydrogen-bond donors (Lipinski definition) is 0. The number of hydrogen-bond acceptors (Lipinski definition) is 3. The monoisotopic (exact) mass is 849 g/mol. The molecule has 1 aliphatic rings. The number of para-hydroxylation sites is 1. The maximum Gasteiger partial charge on any atom is 0.226 e. The topological polar surface area (TPSA) is 30.7 Å². The van der Waals surface area contributed by atoms with Crippen LogP contribution in [0.3, 0.4) is 0 Å². The molecule has 3 aromatic heterocycles. The summed E-state index contributed by atoms with van der Waals surface area (Å²) in [7, 11) is -3.37. The van der Waals surface area contributed by atoms with Gasteiger partial charge in [-0.2, -0.15) is 0 Å². The molecule has 64 heavy (non-hydrogen) atoms. The second kappa shape index (κ2) is 14.4. The Kier molecular flexibility index (Phi) is 8.32. The van der Waals surface area contributed by atoms with Crippen LogP contribution in [-0.4, -0.2) is 22.6 Å². The Morgan fingerprint density at radius 1 is 0.391 bits per heavy atom. The molecule has 3 nitrogen and oxygen atoms in total. The Morgan fingerprint density at radius 2 is 0.891 bits per heavy atom.